The molecule has 1 atom stereocenters. The minimum Gasteiger partial charge on any atom is -0.462 e. The number of aryl methyl sites for hydroxylation is 1. The molecule has 0 bridgehead atoms. The summed E-state index contributed by atoms with van der Waals surface area (Å²) in [5, 5.41) is 0. The summed E-state index contributed by atoms with van der Waals surface area (Å²) >= 11 is 0. The predicted octanol–water partition coefficient (Wildman–Crippen LogP) is 3.89. The van der Waals surface area contributed by atoms with Gasteiger partial charge in [-0.05, 0) is 61.7 Å². The Labute approximate surface area is 129 Å². The van der Waals surface area contributed by atoms with Crippen LogP contribution in [0.1, 0.15) is 35.6 Å². The van der Waals surface area contributed by atoms with Crippen molar-refractivity contribution in [1.82, 2.24) is 4.90 Å². The van der Waals surface area contributed by atoms with Gasteiger partial charge in [0, 0.05) is 12.6 Å². The number of benzene rings is 1. The summed E-state index contributed by atoms with van der Waals surface area (Å²) in [6, 6.07) is 8.36. The van der Waals surface area contributed by atoms with Crippen molar-refractivity contribution in [3.05, 3.63) is 64.9 Å². The Morgan fingerprint density at radius 3 is 2.91 bits per heavy atom. The molecule has 2 heterocycles. The molecule has 1 aliphatic heterocycles. The predicted molar refractivity (Wildman–Crippen MR) is 82.7 cm³/mol. The number of amides is 1. The average molecular weight is 299 g/mol. The van der Waals surface area contributed by atoms with Gasteiger partial charge in [0.2, 0.25) is 5.91 Å². The van der Waals surface area contributed by atoms with Gasteiger partial charge >= 0.3 is 0 Å². The lowest BCUT2D eigenvalue weighted by Crippen LogP contribution is -2.37. The van der Waals surface area contributed by atoms with E-state index in [4.69, 9.17) is 4.42 Å². The van der Waals surface area contributed by atoms with Crippen molar-refractivity contribution in [2.75, 3.05) is 6.54 Å². The number of hydrogen-bond donors (Lipinski definition) is 0. The standard InChI is InChI=1S/C18H18FNO2/c1-12-3-6-16(22-12)7-8-18(21)20-10-9-14-4-5-15(19)11-17(14)13(20)2/h3-8,11,13H,9-10H2,1-2H3/b8-7+. The second-order valence-corrected chi connectivity index (χ2v) is 5.58. The Hall–Kier alpha value is -2.36. The lowest BCUT2D eigenvalue weighted by atomic mass is 9.93. The summed E-state index contributed by atoms with van der Waals surface area (Å²) in [5.74, 6) is 1.11. The van der Waals surface area contributed by atoms with Gasteiger partial charge in [-0.2, -0.15) is 0 Å². The first-order valence-corrected chi connectivity index (χ1v) is 7.38. The summed E-state index contributed by atoms with van der Waals surface area (Å²) in [6.07, 6.45) is 3.93. The lowest BCUT2D eigenvalue weighted by molar-refractivity contribution is -0.128. The molecule has 1 aromatic heterocycles. The molecule has 0 spiro atoms. The molecule has 22 heavy (non-hydrogen) atoms. The monoisotopic (exact) mass is 299 g/mol. The molecule has 0 radical (unpaired) electrons. The highest BCUT2D eigenvalue weighted by Crippen LogP contribution is 2.30. The van der Waals surface area contributed by atoms with Crippen LogP contribution in [0.3, 0.4) is 0 Å². The molecule has 0 aliphatic carbocycles. The zero-order valence-corrected chi connectivity index (χ0v) is 12.7. The summed E-state index contributed by atoms with van der Waals surface area (Å²) in [7, 11) is 0. The Morgan fingerprint density at radius 2 is 2.18 bits per heavy atom. The van der Waals surface area contributed by atoms with E-state index in [2.05, 4.69) is 0 Å². The molecule has 1 unspecified atom stereocenters. The first-order valence-electron chi connectivity index (χ1n) is 7.38. The average Bonchev–Trinajstić information content (AvgIpc) is 2.91. The first-order chi connectivity index (χ1) is 10.5. The molecule has 1 amide bonds. The van der Waals surface area contributed by atoms with Crippen LogP contribution in [0.25, 0.3) is 6.08 Å². The normalized spacial score (nSPS) is 17.8. The molecule has 3 rings (SSSR count). The molecule has 4 heteroatoms. The zero-order chi connectivity index (χ0) is 15.7. The van der Waals surface area contributed by atoms with Crippen LogP contribution >= 0.6 is 0 Å². The van der Waals surface area contributed by atoms with E-state index >= 15 is 0 Å². The SMILES string of the molecule is Cc1ccc(/C=C/C(=O)N2CCc3ccc(F)cc3C2C)o1. The van der Waals surface area contributed by atoms with Gasteiger partial charge < -0.3 is 9.32 Å². The van der Waals surface area contributed by atoms with E-state index in [0.29, 0.717) is 12.3 Å². The van der Waals surface area contributed by atoms with E-state index < -0.39 is 0 Å². The summed E-state index contributed by atoms with van der Waals surface area (Å²) in [4.78, 5) is 14.1. The van der Waals surface area contributed by atoms with Gasteiger partial charge in [-0.15, -0.1) is 0 Å². The fourth-order valence-corrected chi connectivity index (χ4v) is 2.88. The van der Waals surface area contributed by atoms with E-state index in [9.17, 15) is 9.18 Å². The van der Waals surface area contributed by atoms with Gasteiger partial charge in [0.05, 0.1) is 6.04 Å². The fraction of sp³-hybridized carbons (Fsp3) is 0.278. The topological polar surface area (TPSA) is 33.5 Å². The van der Waals surface area contributed by atoms with Crippen LogP contribution in [0.2, 0.25) is 0 Å². The van der Waals surface area contributed by atoms with E-state index in [-0.39, 0.29) is 17.8 Å². The molecule has 0 fully saturated rings. The number of nitrogens with zero attached hydrogens (tertiary/aromatic N) is 1. The van der Waals surface area contributed by atoms with Gasteiger partial charge in [-0.25, -0.2) is 4.39 Å². The molecular formula is C18H18FNO2. The van der Waals surface area contributed by atoms with E-state index in [1.54, 1.807) is 11.0 Å². The second-order valence-electron chi connectivity index (χ2n) is 5.58. The van der Waals surface area contributed by atoms with Crippen molar-refractivity contribution in [3.63, 3.8) is 0 Å². The quantitative estimate of drug-likeness (QED) is 0.788. The largest absolute Gasteiger partial charge is 0.462 e. The van der Waals surface area contributed by atoms with Gasteiger partial charge in [0.1, 0.15) is 17.3 Å². The number of carbonyl (C=O) groups excluding carboxylic acids is 1. The van der Waals surface area contributed by atoms with Gasteiger partial charge in [0.25, 0.3) is 0 Å². The second kappa shape index (κ2) is 5.79. The maximum atomic E-state index is 13.4. The third-order valence-corrected chi connectivity index (χ3v) is 4.08. The first kappa shape index (κ1) is 14.6. The fourth-order valence-electron chi connectivity index (χ4n) is 2.88. The van der Waals surface area contributed by atoms with Crippen LogP contribution in [-0.4, -0.2) is 17.4 Å². The van der Waals surface area contributed by atoms with Crippen LogP contribution in [0.5, 0.6) is 0 Å². The molecule has 1 aromatic carbocycles. The molecule has 1 aliphatic rings. The molecule has 3 nitrogen and oxygen atoms in total. The number of furan rings is 1. The summed E-state index contributed by atoms with van der Waals surface area (Å²) in [6.45, 7) is 4.43. The number of hydrogen-bond acceptors (Lipinski definition) is 2. The summed E-state index contributed by atoms with van der Waals surface area (Å²) in [5.41, 5.74) is 2.01. The summed E-state index contributed by atoms with van der Waals surface area (Å²) < 4.78 is 18.9. The van der Waals surface area contributed by atoms with Crippen molar-refractivity contribution in [2.45, 2.75) is 26.3 Å². The van der Waals surface area contributed by atoms with Crippen LogP contribution in [0.15, 0.2) is 40.8 Å². The van der Waals surface area contributed by atoms with Crippen LogP contribution in [0, 0.1) is 12.7 Å². The smallest absolute Gasteiger partial charge is 0.247 e. The molecule has 2 aromatic rings. The van der Waals surface area contributed by atoms with Crippen LogP contribution in [0.4, 0.5) is 4.39 Å². The number of halogens is 1. The maximum absolute atomic E-state index is 13.4. The Morgan fingerprint density at radius 1 is 1.36 bits per heavy atom. The minimum atomic E-state index is -0.262. The van der Waals surface area contributed by atoms with E-state index in [0.717, 1.165) is 23.3 Å². The van der Waals surface area contributed by atoms with Gasteiger partial charge in [-0.3, -0.25) is 4.79 Å². The molecule has 0 saturated heterocycles. The number of rotatable bonds is 2. The number of carbonyl (C=O) groups is 1. The minimum absolute atomic E-state index is 0.0866. The van der Waals surface area contributed by atoms with E-state index in [1.807, 2.05) is 32.0 Å². The lowest BCUT2D eigenvalue weighted by Gasteiger charge is -2.34. The van der Waals surface area contributed by atoms with Gasteiger partial charge in [-0.1, -0.05) is 6.07 Å². The highest BCUT2D eigenvalue weighted by atomic mass is 19.1. The highest BCUT2D eigenvalue weighted by molar-refractivity contribution is 5.92. The van der Waals surface area contributed by atoms with Crippen molar-refractivity contribution in [3.8, 4) is 0 Å². The van der Waals surface area contributed by atoms with Crippen molar-refractivity contribution >= 4 is 12.0 Å². The molecule has 0 saturated carbocycles. The van der Waals surface area contributed by atoms with Crippen molar-refractivity contribution in [1.29, 1.82) is 0 Å². The zero-order valence-electron chi connectivity index (χ0n) is 12.7. The molecular weight excluding hydrogens is 281 g/mol. The Kier molecular flexibility index (Phi) is 3.84. The third kappa shape index (κ3) is 2.82. The Bertz CT molecular complexity index is 732. The molecule has 0 N–H and O–H groups in total. The van der Waals surface area contributed by atoms with E-state index in [1.165, 1.54) is 18.2 Å². The van der Waals surface area contributed by atoms with Crippen molar-refractivity contribution < 1.29 is 13.6 Å². The van der Waals surface area contributed by atoms with Gasteiger partial charge in [0.15, 0.2) is 0 Å². The highest BCUT2D eigenvalue weighted by Gasteiger charge is 2.26. The third-order valence-electron chi connectivity index (χ3n) is 4.08. The van der Waals surface area contributed by atoms with Crippen LogP contribution < -0.4 is 0 Å². The molecule has 114 valence electrons. The maximum Gasteiger partial charge on any atom is 0.247 e. The number of fused-ring (bicyclic) bond motifs is 1. The van der Waals surface area contributed by atoms with Crippen molar-refractivity contribution in [2.24, 2.45) is 0 Å². The van der Waals surface area contributed by atoms with Crippen LogP contribution in [-0.2, 0) is 11.2 Å². The Balaban J connectivity index is 1.78.